The zero-order valence-electron chi connectivity index (χ0n) is 12.5. The first-order valence-electron chi connectivity index (χ1n) is 7.35. The molecule has 1 saturated heterocycles. The maximum Gasteiger partial charge on any atom is 0.206 e. The molecule has 0 atom stereocenters. The average molecular weight is 381 g/mol. The molecule has 4 heterocycles. The Hall–Kier alpha value is -1.18. The number of anilines is 1. The Morgan fingerprint density at radius 2 is 2.09 bits per heavy atom. The zero-order valence-corrected chi connectivity index (χ0v) is 14.9. The molecule has 0 saturated carbocycles. The van der Waals surface area contributed by atoms with Crippen LogP contribution in [0, 0.1) is 0 Å². The lowest BCUT2D eigenvalue weighted by atomic mass is 10.1. The third-order valence-corrected chi connectivity index (χ3v) is 6.01. The van der Waals surface area contributed by atoms with Gasteiger partial charge < -0.3 is 14.2 Å². The summed E-state index contributed by atoms with van der Waals surface area (Å²) in [6, 6.07) is 2.07. The number of rotatable bonds is 2. The molecule has 0 unspecified atom stereocenters. The fraction of sp³-hybridized carbons (Fsp3) is 0.467. The van der Waals surface area contributed by atoms with E-state index in [4.69, 9.17) is 9.72 Å². The number of imidazole rings is 1. The lowest BCUT2D eigenvalue weighted by Crippen LogP contribution is -2.37. The Labute approximate surface area is 141 Å². The Kier molecular flexibility index (Phi) is 3.58. The molecule has 3 aromatic heterocycles. The quantitative estimate of drug-likeness (QED) is 0.681. The van der Waals surface area contributed by atoms with Crippen molar-refractivity contribution in [3.63, 3.8) is 0 Å². The molecule has 0 amide bonds. The summed E-state index contributed by atoms with van der Waals surface area (Å²) in [5, 5.41) is 0. The minimum atomic E-state index is 0.382. The number of aromatic nitrogens is 3. The van der Waals surface area contributed by atoms with Gasteiger partial charge in [0.2, 0.25) is 5.95 Å². The van der Waals surface area contributed by atoms with Crippen molar-refractivity contribution in [3.05, 3.63) is 16.0 Å². The van der Waals surface area contributed by atoms with Crippen LogP contribution in [0.4, 0.5) is 5.95 Å². The highest BCUT2D eigenvalue weighted by Crippen LogP contribution is 2.35. The van der Waals surface area contributed by atoms with Gasteiger partial charge in [-0.15, -0.1) is 11.3 Å². The maximum absolute atomic E-state index is 5.46. The van der Waals surface area contributed by atoms with Gasteiger partial charge in [-0.3, -0.25) is 4.98 Å². The topological polar surface area (TPSA) is 43.2 Å². The van der Waals surface area contributed by atoms with Crippen molar-refractivity contribution in [2.75, 3.05) is 25.1 Å². The van der Waals surface area contributed by atoms with Crippen molar-refractivity contribution in [2.24, 2.45) is 7.05 Å². The van der Waals surface area contributed by atoms with Crippen LogP contribution >= 0.6 is 27.3 Å². The summed E-state index contributed by atoms with van der Waals surface area (Å²) < 4.78 is 9.96. The van der Waals surface area contributed by atoms with E-state index < -0.39 is 0 Å². The molecule has 0 aromatic carbocycles. The van der Waals surface area contributed by atoms with E-state index in [1.54, 1.807) is 18.4 Å². The summed E-state index contributed by atoms with van der Waals surface area (Å²) in [7, 11) is 3.90. The number of aryl methyl sites for hydroxylation is 1. The molecule has 1 fully saturated rings. The van der Waals surface area contributed by atoms with Crippen LogP contribution < -0.4 is 4.90 Å². The molecule has 116 valence electrons. The first-order chi connectivity index (χ1) is 10.7. The largest absolute Gasteiger partial charge is 0.381 e. The third kappa shape index (κ3) is 2.23. The van der Waals surface area contributed by atoms with Crippen LogP contribution in [0.2, 0.25) is 0 Å². The molecule has 0 bridgehead atoms. The van der Waals surface area contributed by atoms with Crippen LogP contribution in [0.25, 0.3) is 21.3 Å². The minimum absolute atomic E-state index is 0.382. The second-order valence-electron chi connectivity index (χ2n) is 5.65. The SMILES string of the molecule is COC1CCN(c2nc3cnc4cc(Br)sc4c3n2C)CC1. The molecule has 7 heteroatoms. The van der Waals surface area contributed by atoms with E-state index in [0.29, 0.717) is 6.10 Å². The van der Waals surface area contributed by atoms with E-state index in [1.165, 1.54) is 10.2 Å². The normalized spacial score (nSPS) is 17.0. The monoisotopic (exact) mass is 380 g/mol. The van der Waals surface area contributed by atoms with Crippen LogP contribution in [0.5, 0.6) is 0 Å². The molecule has 0 N–H and O–H groups in total. The summed E-state index contributed by atoms with van der Waals surface area (Å²) in [5.41, 5.74) is 3.16. The Morgan fingerprint density at radius 3 is 2.82 bits per heavy atom. The van der Waals surface area contributed by atoms with Crippen molar-refractivity contribution in [1.29, 1.82) is 0 Å². The number of halogens is 1. The Morgan fingerprint density at radius 1 is 1.32 bits per heavy atom. The number of piperidine rings is 1. The number of methoxy groups -OCH3 is 1. The van der Waals surface area contributed by atoms with Crippen LogP contribution in [-0.2, 0) is 11.8 Å². The van der Waals surface area contributed by atoms with Gasteiger partial charge in [-0.25, -0.2) is 4.98 Å². The second kappa shape index (κ2) is 5.47. The number of nitrogens with zero attached hydrogens (tertiary/aromatic N) is 4. The molecular weight excluding hydrogens is 364 g/mol. The zero-order chi connectivity index (χ0) is 15.3. The van der Waals surface area contributed by atoms with Crippen molar-refractivity contribution in [1.82, 2.24) is 14.5 Å². The predicted molar refractivity (Wildman–Crippen MR) is 93.8 cm³/mol. The van der Waals surface area contributed by atoms with Gasteiger partial charge in [-0.05, 0) is 34.8 Å². The van der Waals surface area contributed by atoms with Crippen molar-refractivity contribution < 1.29 is 4.74 Å². The molecule has 3 aromatic rings. The predicted octanol–water partition coefficient (Wildman–Crippen LogP) is 3.56. The highest BCUT2D eigenvalue weighted by atomic mass is 79.9. The van der Waals surface area contributed by atoms with Crippen molar-refractivity contribution >= 4 is 54.5 Å². The van der Waals surface area contributed by atoms with Crippen LogP contribution in [0.1, 0.15) is 12.8 Å². The lowest BCUT2D eigenvalue weighted by molar-refractivity contribution is 0.0816. The summed E-state index contributed by atoms with van der Waals surface area (Å²) >= 11 is 5.27. The fourth-order valence-corrected chi connectivity index (χ4v) is 4.81. The van der Waals surface area contributed by atoms with Gasteiger partial charge in [-0.2, -0.15) is 0 Å². The third-order valence-electron chi connectivity index (χ3n) is 4.38. The summed E-state index contributed by atoms with van der Waals surface area (Å²) in [6.45, 7) is 1.97. The van der Waals surface area contributed by atoms with Crippen LogP contribution in [-0.4, -0.2) is 40.8 Å². The molecule has 0 radical (unpaired) electrons. The lowest BCUT2D eigenvalue weighted by Gasteiger charge is -2.31. The molecule has 1 aliphatic rings. The van der Waals surface area contributed by atoms with Gasteiger partial charge in [-0.1, -0.05) is 0 Å². The van der Waals surface area contributed by atoms with E-state index in [0.717, 1.165) is 46.7 Å². The molecule has 1 aliphatic heterocycles. The van der Waals surface area contributed by atoms with Gasteiger partial charge >= 0.3 is 0 Å². The molecular formula is C15H17BrN4OS. The van der Waals surface area contributed by atoms with E-state index in [2.05, 4.69) is 43.5 Å². The van der Waals surface area contributed by atoms with E-state index >= 15 is 0 Å². The van der Waals surface area contributed by atoms with Gasteiger partial charge in [0.15, 0.2) is 0 Å². The summed E-state index contributed by atoms with van der Waals surface area (Å²) in [5.74, 6) is 1.03. The van der Waals surface area contributed by atoms with E-state index in [9.17, 15) is 0 Å². The van der Waals surface area contributed by atoms with Crippen molar-refractivity contribution in [2.45, 2.75) is 18.9 Å². The highest BCUT2D eigenvalue weighted by molar-refractivity contribution is 9.11. The highest BCUT2D eigenvalue weighted by Gasteiger charge is 2.23. The molecule has 0 aliphatic carbocycles. The van der Waals surface area contributed by atoms with Crippen LogP contribution in [0.3, 0.4) is 0 Å². The minimum Gasteiger partial charge on any atom is -0.381 e. The molecule has 0 spiro atoms. The van der Waals surface area contributed by atoms with Gasteiger partial charge in [0.05, 0.1) is 31.8 Å². The standard InChI is InChI=1S/C15H17BrN4OS/c1-19-13-11(8-17-10-7-12(16)22-14(10)13)18-15(19)20-5-3-9(21-2)4-6-20/h7-9H,3-6H2,1-2H3. The van der Waals surface area contributed by atoms with Crippen molar-refractivity contribution in [3.8, 4) is 0 Å². The first-order valence-corrected chi connectivity index (χ1v) is 8.96. The van der Waals surface area contributed by atoms with Gasteiger partial charge in [0.25, 0.3) is 0 Å². The maximum atomic E-state index is 5.46. The van der Waals surface area contributed by atoms with E-state index in [-0.39, 0.29) is 0 Å². The van der Waals surface area contributed by atoms with Gasteiger partial charge in [0.1, 0.15) is 5.52 Å². The average Bonchev–Trinajstić information content (AvgIpc) is 3.07. The number of fused-ring (bicyclic) bond motifs is 3. The molecule has 5 nitrogen and oxygen atoms in total. The Bertz CT molecular complexity index is 835. The first kappa shape index (κ1) is 14.4. The number of thiophene rings is 1. The number of ether oxygens (including phenoxy) is 1. The van der Waals surface area contributed by atoms with Crippen LogP contribution in [0.15, 0.2) is 16.0 Å². The number of hydrogen-bond acceptors (Lipinski definition) is 5. The molecule has 4 rings (SSSR count). The summed E-state index contributed by atoms with van der Waals surface area (Å²) in [6.07, 6.45) is 4.37. The number of hydrogen-bond donors (Lipinski definition) is 0. The smallest absolute Gasteiger partial charge is 0.206 e. The number of pyridine rings is 1. The fourth-order valence-electron chi connectivity index (χ4n) is 3.19. The second-order valence-corrected chi connectivity index (χ2v) is 8.08. The molecule has 22 heavy (non-hydrogen) atoms. The van der Waals surface area contributed by atoms with Gasteiger partial charge in [0, 0.05) is 27.2 Å². The van der Waals surface area contributed by atoms with E-state index in [1.807, 2.05) is 6.20 Å². The Balaban J connectivity index is 1.79. The summed E-state index contributed by atoms with van der Waals surface area (Å²) in [4.78, 5) is 11.7.